The first kappa shape index (κ1) is 12.2. The average molecular weight is 366 g/mol. The molecule has 1 aliphatic carbocycles. The fourth-order valence-electron chi connectivity index (χ4n) is 4.17. The Morgan fingerprint density at radius 2 is 2.32 bits per heavy atom. The lowest BCUT2D eigenvalue weighted by Gasteiger charge is -2.45. The summed E-state index contributed by atoms with van der Waals surface area (Å²) < 4.78 is 1.28. The summed E-state index contributed by atoms with van der Waals surface area (Å²) in [5.41, 5.74) is 4.43. The molecule has 1 fully saturated rings. The highest BCUT2D eigenvalue weighted by atomic mass is 127. The Labute approximate surface area is 127 Å². The van der Waals surface area contributed by atoms with Gasteiger partial charge in [0.1, 0.15) is 0 Å². The van der Waals surface area contributed by atoms with E-state index in [0.717, 1.165) is 11.8 Å². The number of nitrogens with zero attached hydrogens (tertiary/aromatic N) is 1. The molecule has 3 heteroatoms. The number of piperidine rings is 1. The first-order chi connectivity index (χ1) is 9.28. The zero-order valence-electron chi connectivity index (χ0n) is 11.2. The van der Waals surface area contributed by atoms with Crippen molar-refractivity contribution in [1.82, 2.24) is 9.88 Å². The maximum Gasteiger partial charge on any atom is 0.0459 e. The van der Waals surface area contributed by atoms with Crippen LogP contribution in [-0.2, 0) is 6.42 Å². The van der Waals surface area contributed by atoms with E-state index < -0.39 is 0 Å². The Morgan fingerprint density at radius 3 is 3.16 bits per heavy atom. The van der Waals surface area contributed by atoms with Crippen molar-refractivity contribution in [3.63, 3.8) is 0 Å². The lowest BCUT2D eigenvalue weighted by molar-refractivity contribution is 0.122. The summed E-state index contributed by atoms with van der Waals surface area (Å²) in [5.74, 6) is 1.58. The summed E-state index contributed by atoms with van der Waals surface area (Å²) in [6.45, 7) is 1.26. The highest BCUT2D eigenvalue weighted by Crippen LogP contribution is 2.44. The number of aromatic nitrogens is 1. The van der Waals surface area contributed by atoms with Gasteiger partial charge in [-0.1, -0.05) is 34.7 Å². The Balaban J connectivity index is 1.86. The van der Waals surface area contributed by atoms with Crippen LogP contribution in [0.25, 0.3) is 10.9 Å². The summed E-state index contributed by atoms with van der Waals surface area (Å²) >= 11 is 2.55. The molecule has 0 bridgehead atoms. The van der Waals surface area contributed by atoms with E-state index in [-0.39, 0.29) is 0 Å². The molecule has 1 aliphatic heterocycles. The minimum Gasteiger partial charge on any atom is -0.361 e. The van der Waals surface area contributed by atoms with Crippen molar-refractivity contribution in [1.29, 1.82) is 0 Å². The van der Waals surface area contributed by atoms with Gasteiger partial charge in [-0.15, -0.1) is 0 Å². The molecule has 19 heavy (non-hydrogen) atoms. The van der Waals surface area contributed by atoms with Crippen molar-refractivity contribution in [2.24, 2.45) is 5.92 Å². The van der Waals surface area contributed by atoms with Gasteiger partial charge in [-0.2, -0.15) is 0 Å². The van der Waals surface area contributed by atoms with Gasteiger partial charge >= 0.3 is 0 Å². The van der Waals surface area contributed by atoms with E-state index in [2.05, 4.69) is 63.9 Å². The van der Waals surface area contributed by atoms with Gasteiger partial charge in [-0.3, -0.25) is 0 Å². The first-order valence-corrected chi connectivity index (χ1v) is 8.65. The molecule has 1 saturated heterocycles. The second-order valence-corrected chi connectivity index (χ2v) is 7.04. The molecule has 2 aliphatic rings. The molecule has 4 rings (SSSR count). The van der Waals surface area contributed by atoms with E-state index in [1.165, 1.54) is 40.3 Å². The fraction of sp³-hybridized carbons (Fsp3) is 0.500. The molecule has 1 aromatic carbocycles. The number of fused-ring (bicyclic) bond motifs is 2. The van der Waals surface area contributed by atoms with E-state index >= 15 is 0 Å². The number of likely N-dealkylation sites (tertiary alicyclic amines) is 1. The predicted molar refractivity (Wildman–Crippen MR) is 88.2 cm³/mol. The Hall–Kier alpha value is -0.550. The summed E-state index contributed by atoms with van der Waals surface area (Å²) in [5, 5.41) is 1.52. The molecule has 2 heterocycles. The third-order valence-electron chi connectivity index (χ3n) is 5.03. The van der Waals surface area contributed by atoms with Crippen LogP contribution < -0.4 is 0 Å². The fourth-order valence-corrected chi connectivity index (χ4v) is 4.80. The second kappa shape index (κ2) is 4.48. The van der Waals surface area contributed by atoms with Crippen molar-refractivity contribution in [2.45, 2.75) is 24.8 Å². The van der Waals surface area contributed by atoms with Crippen molar-refractivity contribution >= 4 is 33.5 Å². The van der Waals surface area contributed by atoms with Crippen LogP contribution in [0.1, 0.15) is 23.5 Å². The standard InChI is InChI=1S/C16H19IN2/c1-19-9-10(7-17)5-13-12-3-2-4-14-16(12)11(8-18-14)6-15(13)19/h2-4,8,10,13,15,18H,5-7,9H2,1H3/t10?,13-,15-/m1/s1. The number of hydrogen-bond donors (Lipinski definition) is 1. The largest absolute Gasteiger partial charge is 0.361 e. The maximum atomic E-state index is 3.45. The smallest absolute Gasteiger partial charge is 0.0459 e. The van der Waals surface area contributed by atoms with Gasteiger partial charge in [0, 0.05) is 40.0 Å². The molecule has 3 atom stereocenters. The van der Waals surface area contributed by atoms with E-state index in [4.69, 9.17) is 0 Å². The third-order valence-corrected chi connectivity index (χ3v) is 6.28. The number of likely N-dealkylation sites (N-methyl/N-ethyl adjacent to an activating group) is 1. The minimum atomic E-state index is 0.702. The van der Waals surface area contributed by atoms with Crippen LogP contribution in [0.3, 0.4) is 0 Å². The molecule has 0 saturated carbocycles. The summed E-state index contributed by atoms with van der Waals surface area (Å²) in [6, 6.07) is 7.49. The molecule has 2 nitrogen and oxygen atoms in total. The van der Waals surface area contributed by atoms with Crippen LogP contribution in [0, 0.1) is 5.92 Å². The number of nitrogens with one attached hydrogen (secondary N) is 1. The molecular weight excluding hydrogens is 347 g/mol. The molecule has 0 spiro atoms. The normalized spacial score (nSPS) is 30.5. The number of halogens is 1. The number of benzene rings is 1. The van der Waals surface area contributed by atoms with E-state index in [1.54, 1.807) is 5.56 Å². The second-order valence-electron chi connectivity index (χ2n) is 6.16. The lowest BCUT2D eigenvalue weighted by atomic mass is 9.73. The van der Waals surface area contributed by atoms with Gasteiger partial charge < -0.3 is 9.88 Å². The zero-order valence-corrected chi connectivity index (χ0v) is 13.4. The average Bonchev–Trinajstić information content (AvgIpc) is 2.85. The van der Waals surface area contributed by atoms with Gasteiger partial charge in [0.05, 0.1) is 0 Å². The summed E-state index contributed by atoms with van der Waals surface area (Å²) in [7, 11) is 2.31. The topological polar surface area (TPSA) is 19.0 Å². The molecular formula is C16H19IN2. The molecule has 1 unspecified atom stereocenters. The summed E-state index contributed by atoms with van der Waals surface area (Å²) in [6.07, 6.45) is 4.80. The van der Waals surface area contributed by atoms with E-state index in [9.17, 15) is 0 Å². The van der Waals surface area contributed by atoms with Gasteiger partial charge in [-0.05, 0) is 43.0 Å². The number of rotatable bonds is 1. The molecule has 1 N–H and O–H groups in total. The predicted octanol–water partition coefficient (Wildman–Crippen LogP) is 3.56. The van der Waals surface area contributed by atoms with Crippen molar-refractivity contribution < 1.29 is 0 Å². The highest BCUT2D eigenvalue weighted by molar-refractivity contribution is 14.1. The molecule has 0 amide bonds. The van der Waals surface area contributed by atoms with Crippen LogP contribution in [0.4, 0.5) is 0 Å². The number of hydrogen-bond acceptors (Lipinski definition) is 1. The first-order valence-electron chi connectivity index (χ1n) is 7.13. The quantitative estimate of drug-likeness (QED) is 0.604. The van der Waals surface area contributed by atoms with Gasteiger partial charge in [0.25, 0.3) is 0 Å². The van der Waals surface area contributed by atoms with Gasteiger partial charge in [0.15, 0.2) is 0 Å². The molecule has 1 aromatic heterocycles. The highest BCUT2D eigenvalue weighted by Gasteiger charge is 2.38. The van der Waals surface area contributed by atoms with Crippen molar-refractivity contribution in [3.05, 3.63) is 35.5 Å². The monoisotopic (exact) mass is 366 g/mol. The minimum absolute atomic E-state index is 0.702. The van der Waals surface area contributed by atoms with Crippen LogP contribution in [0.5, 0.6) is 0 Å². The van der Waals surface area contributed by atoms with Crippen LogP contribution in [0.15, 0.2) is 24.4 Å². The Bertz CT molecular complexity index is 618. The Kier molecular flexibility index (Phi) is 2.88. The zero-order chi connectivity index (χ0) is 13.0. The molecule has 100 valence electrons. The lowest BCUT2D eigenvalue weighted by Crippen LogP contribution is -2.48. The Morgan fingerprint density at radius 1 is 1.42 bits per heavy atom. The van der Waals surface area contributed by atoms with Crippen LogP contribution >= 0.6 is 22.6 Å². The van der Waals surface area contributed by atoms with Gasteiger partial charge in [-0.25, -0.2) is 0 Å². The van der Waals surface area contributed by atoms with E-state index in [0.29, 0.717) is 6.04 Å². The molecule has 2 aromatic rings. The SMILES string of the molecule is CN1CC(CI)C[C@@H]2c3cccc4[nH]cc(c34)C[C@H]21. The van der Waals surface area contributed by atoms with E-state index in [1.807, 2.05) is 0 Å². The number of alkyl halides is 1. The van der Waals surface area contributed by atoms with Crippen molar-refractivity contribution in [3.8, 4) is 0 Å². The molecule has 0 radical (unpaired) electrons. The van der Waals surface area contributed by atoms with Crippen molar-refractivity contribution in [2.75, 3.05) is 18.0 Å². The third kappa shape index (κ3) is 1.77. The summed E-state index contributed by atoms with van der Waals surface area (Å²) in [4.78, 5) is 6.05. The number of H-pyrrole nitrogens is 1. The van der Waals surface area contributed by atoms with Gasteiger partial charge in [0.2, 0.25) is 0 Å². The maximum absolute atomic E-state index is 3.45. The van der Waals surface area contributed by atoms with Crippen LogP contribution in [-0.4, -0.2) is 33.9 Å². The number of aromatic amines is 1. The van der Waals surface area contributed by atoms with Crippen LogP contribution in [0.2, 0.25) is 0 Å².